The number of carbonyl (C=O) groups excluding carboxylic acids is 9. The summed E-state index contributed by atoms with van der Waals surface area (Å²) in [6.07, 6.45) is 11.6. The van der Waals surface area contributed by atoms with E-state index in [1.807, 2.05) is 11.8 Å². The molecule has 2 fully saturated rings. The Morgan fingerprint density at radius 3 is 1.47 bits per heavy atom. The summed E-state index contributed by atoms with van der Waals surface area (Å²) in [7, 11) is 0. The first-order valence-electron chi connectivity index (χ1n) is 38.4. The van der Waals surface area contributed by atoms with Crippen LogP contribution < -0.4 is 41.8 Å². The van der Waals surface area contributed by atoms with Crippen molar-refractivity contribution in [2.75, 3.05) is 79.2 Å². The number of benzene rings is 4. The van der Waals surface area contributed by atoms with Gasteiger partial charge in [-0.15, -0.1) is 10.2 Å². The first-order valence-corrected chi connectivity index (χ1v) is 39.3. The third-order valence-electron chi connectivity index (χ3n) is 17.5. The van der Waals surface area contributed by atoms with Crippen molar-refractivity contribution in [1.82, 2.24) is 56.6 Å². The van der Waals surface area contributed by atoms with E-state index in [0.717, 1.165) is 49.9 Å². The number of amides is 5. The van der Waals surface area contributed by atoms with E-state index in [-0.39, 0.29) is 80.5 Å². The Balaban J connectivity index is 0.000000370. The van der Waals surface area contributed by atoms with Crippen LogP contribution in [0.2, 0.25) is 0 Å². The van der Waals surface area contributed by atoms with E-state index in [4.69, 9.17) is 43.6 Å². The van der Waals surface area contributed by atoms with Crippen LogP contribution in [0.15, 0.2) is 97.3 Å². The van der Waals surface area contributed by atoms with Crippen molar-refractivity contribution in [2.45, 2.75) is 197 Å². The molecule has 0 saturated carbocycles. The Morgan fingerprint density at radius 2 is 1.00 bits per heavy atom. The molecule has 2 aromatic heterocycles. The quantitative estimate of drug-likeness (QED) is 0.0153. The van der Waals surface area contributed by atoms with Crippen molar-refractivity contribution in [3.8, 4) is 22.9 Å². The first-order chi connectivity index (χ1) is 54.6. The molecule has 114 heavy (non-hydrogen) atoms. The molecule has 0 radical (unpaired) electrons. The third-order valence-corrected chi connectivity index (χ3v) is 19.2. The minimum absolute atomic E-state index is 0.00476. The Kier molecular flexibility index (Phi) is 38.4. The lowest BCUT2D eigenvalue weighted by atomic mass is 10.0. The lowest BCUT2D eigenvalue weighted by Crippen LogP contribution is -2.43. The molecule has 2 aliphatic heterocycles. The molecule has 5 amide bonds. The molecule has 6 aromatic rings. The van der Waals surface area contributed by atoms with Crippen molar-refractivity contribution in [1.29, 1.82) is 0 Å². The molecular weight excluding hydrogens is 1510 g/mol. The summed E-state index contributed by atoms with van der Waals surface area (Å²) in [6.45, 7) is 13.0. The van der Waals surface area contributed by atoms with Crippen molar-refractivity contribution < 1.29 is 98.6 Å². The zero-order valence-electron chi connectivity index (χ0n) is 65.5. The van der Waals surface area contributed by atoms with Crippen LogP contribution in [0.3, 0.4) is 0 Å². The summed E-state index contributed by atoms with van der Waals surface area (Å²) in [5, 5.41) is 31.0. The van der Waals surface area contributed by atoms with Gasteiger partial charge < -0.3 is 70.2 Å². The number of nitrogens with one attached hydrogen (secondary N) is 5. The van der Waals surface area contributed by atoms with Gasteiger partial charge >= 0.3 is 12.2 Å². The van der Waals surface area contributed by atoms with Crippen LogP contribution >= 0.6 is 11.8 Å². The van der Waals surface area contributed by atoms with E-state index < -0.39 is 107 Å². The first kappa shape index (κ1) is 91.4. The fraction of sp³-hybridized carbons (Fsp3) is 0.537. The van der Waals surface area contributed by atoms with Gasteiger partial charge in [0.25, 0.3) is 11.8 Å². The molecule has 29 nitrogen and oxygen atoms in total. The number of fused-ring (bicyclic) bond motifs is 1. The van der Waals surface area contributed by atoms with Crippen LogP contribution in [-0.4, -0.2) is 202 Å². The van der Waals surface area contributed by atoms with Crippen molar-refractivity contribution in [2.24, 2.45) is 5.73 Å². The number of rotatable bonds is 49. The number of nitrogens with two attached hydrogens (primary N) is 1. The number of thioether (sulfide) groups is 1. The molecule has 8 rings (SSSR count). The zero-order valence-corrected chi connectivity index (χ0v) is 66.3. The number of hydrogen-bond acceptors (Lipinski definition) is 23. The van der Waals surface area contributed by atoms with Crippen molar-refractivity contribution >= 4 is 64.8 Å². The highest BCUT2D eigenvalue weighted by Crippen LogP contribution is 2.41. The molecule has 0 aliphatic carbocycles. The molecule has 4 aromatic carbocycles. The highest BCUT2D eigenvalue weighted by Gasteiger charge is 2.41. The van der Waals surface area contributed by atoms with Gasteiger partial charge in [-0.25, -0.2) is 36.5 Å². The largest absolute Gasteiger partial charge is 0.480 e. The second-order valence-electron chi connectivity index (χ2n) is 29.2. The fourth-order valence-corrected chi connectivity index (χ4v) is 13.5. The lowest BCUT2D eigenvalue weighted by Gasteiger charge is -2.20. The average molecular weight is 1620 g/mol. The van der Waals surface area contributed by atoms with Crippen LogP contribution in [-0.2, 0) is 65.4 Å². The van der Waals surface area contributed by atoms with Gasteiger partial charge in [-0.1, -0.05) is 41.1 Å². The van der Waals surface area contributed by atoms with Crippen LogP contribution in [0.5, 0.6) is 11.5 Å². The number of aromatic nitrogens is 6. The summed E-state index contributed by atoms with van der Waals surface area (Å²) in [6, 6.07) is 17.6. The van der Waals surface area contributed by atoms with Crippen LogP contribution in [0.1, 0.15) is 176 Å². The molecule has 622 valence electrons. The average Bonchev–Trinajstić information content (AvgIpc) is 1.65. The van der Waals surface area contributed by atoms with Gasteiger partial charge in [-0.05, 0) is 166 Å². The van der Waals surface area contributed by atoms with E-state index in [0.29, 0.717) is 143 Å². The normalized spacial score (nSPS) is 15.0. The molecule has 2 saturated heterocycles. The molecule has 0 unspecified atom stereocenters. The lowest BCUT2D eigenvalue weighted by molar-refractivity contribution is -0.123. The van der Waals surface area contributed by atoms with E-state index in [1.165, 1.54) is 21.5 Å². The number of ketones is 4. The highest BCUT2D eigenvalue weighted by molar-refractivity contribution is 8.00. The number of carbonyl (C=O) groups is 9. The standard InChI is InChI=1S/C52H72F2N6O12S.C28H34F2N6O5/c1-52(2,3)72-51(66)55-22-7-6-18-44(46(63)35-71-49-42(53)16-9-17-43(49)54)57-50(65)36-11-8-12-38(31-36)60-34-37(58-59-60)19-20-40(62)21-24-68-26-28-70-30-29-69-27-25-67-23-10-14-39(61)13-4-5-15-41-32-45-47(73-41)33-48(64)56-45;1-28(2,3)41-27(39)32-13-5-4-12-23(24(37)17-40-25-21(29)10-7-11-22(25)30)33-26(38)18-8-6-9-20(14-18)36-16-19(15-31)34-35-36/h8-9,11-12,16-17,31,34,41,44-45,47H,4-7,10,13-15,18-30,32-33,35H2,1-3H3,(H,55,66)(H,56,64)(H,57,65);6-11,14,16,23H,4-5,12-13,15,17,31H2,1-3H3,(H,32,39)(H,33,38)/t41-,44+,45-,47-;23-/m01/s1. The minimum Gasteiger partial charge on any atom is -0.480 e. The molecule has 2 aliphatic rings. The number of halogens is 4. The fourth-order valence-electron chi connectivity index (χ4n) is 11.8. The number of unbranched alkanes of at least 4 members (excludes halogenated alkanes) is 3. The van der Waals surface area contributed by atoms with Crippen LogP contribution in [0, 0.1) is 23.3 Å². The summed E-state index contributed by atoms with van der Waals surface area (Å²) in [5.41, 5.74) is 6.91. The van der Waals surface area contributed by atoms with E-state index >= 15 is 0 Å². The summed E-state index contributed by atoms with van der Waals surface area (Å²) >= 11 is 1.94. The van der Waals surface area contributed by atoms with E-state index in [2.05, 4.69) is 47.2 Å². The Bertz CT molecular complexity index is 4050. The van der Waals surface area contributed by atoms with E-state index in [1.54, 1.807) is 102 Å². The second-order valence-corrected chi connectivity index (χ2v) is 30.7. The summed E-state index contributed by atoms with van der Waals surface area (Å²) in [4.78, 5) is 113. The smallest absolute Gasteiger partial charge is 0.407 e. The molecule has 7 N–H and O–H groups in total. The van der Waals surface area contributed by atoms with Gasteiger partial charge in [0.15, 0.2) is 46.3 Å². The molecule has 4 heterocycles. The Labute approximate surface area is 665 Å². The number of nitrogens with zero attached hydrogens (tertiary/aromatic N) is 6. The molecular formula is C80H106F4N12O17S. The summed E-state index contributed by atoms with van der Waals surface area (Å²) < 4.78 is 102. The van der Waals surface area contributed by atoms with E-state index in [9.17, 15) is 60.7 Å². The number of Topliss-reactive ketones (excluding diaryl/α,β-unsaturated/α-hetero) is 4. The Hall–Kier alpha value is -9.74. The third kappa shape index (κ3) is 33.8. The van der Waals surface area contributed by atoms with Crippen molar-refractivity contribution in [3.63, 3.8) is 0 Å². The number of hydrogen-bond donors (Lipinski definition) is 6. The SMILES string of the molecule is CC(C)(C)OC(=O)NCCCC[C@@H](NC(=O)c1cccc(-n2cc(CCC(=O)CCOCCOCCOCCOCCCC(=O)CCCC[C@H]3C[C@@H]4NC(=O)C[C@@H]4S3)nn2)c1)C(=O)COc1c(F)cccc1F.CC(C)(C)OC(=O)NCCCC[C@@H](NC(=O)c1cccc(-n2cc(CN)nn2)c1)C(=O)COc1c(F)cccc1F. The summed E-state index contributed by atoms with van der Waals surface area (Å²) in [5.74, 6) is -7.11. The maximum Gasteiger partial charge on any atom is 0.407 e. The maximum atomic E-state index is 14.2. The van der Waals surface area contributed by atoms with Gasteiger partial charge in [0.1, 0.15) is 36.0 Å². The highest BCUT2D eigenvalue weighted by atomic mass is 32.2. The monoisotopic (exact) mass is 1610 g/mol. The zero-order chi connectivity index (χ0) is 82.4. The molecule has 5 atom stereocenters. The minimum atomic E-state index is -1.09. The molecule has 0 bridgehead atoms. The van der Waals surface area contributed by atoms with Gasteiger partial charge in [-0.3, -0.25) is 33.6 Å². The number of aryl methyl sites for hydroxylation is 1. The van der Waals surface area contributed by atoms with Gasteiger partial charge in [0.05, 0.1) is 93.5 Å². The predicted molar refractivity (Wildman–Crippen MR) is 413 cm³/mol. The van der Waals surface area contributed by atoms with Crippen molar-refractivity contribution in [3.05, 3.63) is 143 Å². The second kappa shape index (κ2) is 47.8. The number of para-hydroxylation sites is 2. The topological polar surface area (TPSA) is 375 Å². The van der Waals surface area contributed by atoms with Crippen LogP contribution in [0.25, 0.3) is 11.4 Å². The van der Waals surface area contributed by atoms with Gasteiger partial charge in [0, 0.05) is 92.4 Å². The van der Waals surface area contributed by atoms with Gasteiger partial charge in [0.2, 0.25) is 5.91 Å². The van der Waals surface area contributed by atoms with Crippen LogP contribution in [0.4, 0.5) is 27.2 Å². The number of alkyl carbamates (subject to hydrolysis) is 2. The van der Waals surface area contributed by atoms with Gasteiger partial charge in [-0.2, -0.15) is 11.8 Å². The predicted octanol–water partition coefficient (Wildman–Crippen LogP) is 10.1. The maximum absolute atomic E-state index is 14.2. The molecule has 0 spiro atoms. The molecule has 34 heteroatoms. The Morgan fingerprint density at radius 1 is 0.553 bits per heavy atom. The number of ether oxygens (including phenoxy) is 8.